The summed E-state index contributed by atoms with van der Waals surface area (Å²) in [6.45, 7) is 6.92. The highest BCUT2D eigenvalue weighted by atomic mass is 16.4. The van der Waals surface area contributed by atoms with Gasteiger partial charge in [0.2, 0.25) is 0 Å². The van der Waals surface area contributed by atoms with Crippen molar-refractivity contribution >= 4 is 5.84 Å². The van der Waals surface area contributed by atoms with Crippen LogP contribution in [0.2, 0.25) is 0 Å². The zero-order chi connectivity index (χ0) is 13.9. The van der Waals surface area contributed by atoms with E-state index in [1.54, 1.807) is 0 Å². The lowest BCUT2D eigenvalue weighted by Crippen LogP contribution is -2.45. The van der Waals surface area contributed by atoms with Gasteiger partial charge in [-0.1, -0.05) is 18.1 Å². The largest absolute Gasteiger partial charge is 0.409 e. The first kappa shape index (κ1) is 13.8. The SMILES string of the molecule is Cc1cccnc1CN1CCC(C)(/C(N)=N/O)CC1. The first-order valence-corrected chi connectivity index (χ1v) is 6.66. The van der Waals surface area contributed by atoms with Gasteiger partial charge in [0, 0.05) is 18.2 Å². The number of aryl methyl sites for hydroxylation is 1. The van der Waals surface area contributed by atoms with E-state index in [0.29, 0.717) is 5.84 Å². The number of nitrogens with two attached hydrogens (primary N) is 1. The maximum atomic E-state index is 8.83. The quantitative estimate of drug-likeness (QED) is 0.376. The van der Waals surface area contributed by atoms with Crippen LogP contribution < -0.4 is 5.73 Å². The zero-order valence-electron chi connectivity index (χ0n) is 11.6. The van der Waals surface area contributed by atoms with Crippen molar-refractivity contribution in [3.8, 4) is 0 Å². The molecule has 1 saturated heterocycles. The Morgan fingerprint density at radius 1 is 1.53 bits per heavy atom. The second-order valence-corrected chi connectivity index (χ2v) is 5.59. The monoisotopic (exact) mass is 262 g/mol. The molecule has 3 N–H and O–H groups in total. The summed E-state index contributed by atoms with van der Waals surface area (Å²) >= 11 is 0. The van der Waals surface area contributed by atoms with Gasteiger partial charge in [-0.2, -0.15) is 0 Å². The van der Waals surface area contributed by atoms with Crippen molar-refractivity contribution in [1.82, 2.24) is 9.88 Å². The summed E-state index contributed by atoms with van der Waals surface area (Å²) in [5.41, 5.74) is 7.96. The summed E-state index contributed by atoms with van der Waals surface area (Å²) in [7, 11) is 0. The molecule has 0 amide bonds. The van der Waals surface area contributed by atoms with E-state index in [-0.39, 0.29) is 5.41 Å². The highest BCUT2D eigenvalue weighted by molar-refractivity contribution is 5.85. The summed E-state index contributed by atoms with van der Waals surface area (Å²) in [6.07, 6.45) is 3.66. The van der Waals surface area contributed by atoms with Crippen LogP contribution >= 0.6 is 0 Å². The molecule has 104 valence electrons. The number of rotatable bonds is 3. The van der Waals surface area contributed by atoms with E-state index in [1.807, 2.05) is 12.3 Å². The van der Waals surface area contributed by atoms with Crippen molar-refractivity contribution in [2.45, 2.75) is 33.2 Å². The van der Waals surface area contributed by atoms with E-state index in [9.17, 15) is 0 Å². The second-order valence-electron chi connectivity index (χ2n) is 5.59. The number of pyridine rings is 1. The number of aromatic nitrogens is 1. The number of amidine groups is 1. The van der Waals surface area contributed by atoms with Crippen LogP contribution in [0.25, 0.3) is 0 Å². The third kappa shape index (κ3) is 3.04. The van der Waals surface area contributed by atoms with E-state index in [1.165, 1.54) is 5.56 Å². The van der Waals surface area contributed by atoms with Crippen LogP contribution in [0.1, 0.15) is 31.0 Å². The van der Waals surface area contributed by atoms with Crippen LogP contribution in [0.15, 0.2) is 23.5 Å². The molecule has 0 radical (unpaired) electrons. The molecule has 5 heteroatoms. The van der Waals surface area contributed by atoms with Crippen molar-refractivity contribution in [3.05, 3.63) is 29.6 Å². The van der Waals surface area contributed by atoms with Crippen molar-refractivity contribution in [3.63, 3.8) is 0 Å². The van der Waals surface area contributed by atoms with Gasteiger partial charge in [-0.05, 0) is 44.5 Å². The fourth-order valence-corrected chi connectivity index (χ4v) is 2.48. The third-order valence-corrected chi connectivity index (χ3v) is 4.18. The van der Waals surface area contributed by atoms with Crippen LogP contribution in [0.3, 0.4) is 0 Å². The predicted octanol–water partition coefficient (Wildman–Crippen LogP) is 1.74. The summed E-state index contributed by atoms with van der Waals surface area (Å²) in [5, 5.41) is 12.0. The van der Waals surface area contributed by atoms with Crippen molar-refractivity contribution in [1.29, 1.82) is 0 Å². The number of piperidine rings is 1. The molecule has 1 fully saturated rings. The average Bonchev–Trinajstić information content (AvgIpc) is 2.43. The Labute approximate surface area is 114 Å². The fraction of sp³-hybridized carbons (Fsp3) is 0.571. The summed E-state index contributed by atoms with van der Waals surface area (Å²) < 4.78 is 0. The van der Waals surface area contributed by atoms with Gasteiger partial charge in [-0.15, -0.1) is 0 Å². The van der Waals surface area contributed by atoms with E-state index in [0.717, 1.165) is 38.2 Å². The van der Waals surface area contributed by atoms with E-state index >= 15 is 0 Å². The van der Waals surface area contributed by atoms with Gasteiger partial charge in [0.15, 0.2) is 0 Å². The second kappa shape index (κ2) is 5.57. The van der Waals surface area contributed by atoms with E-state index in [4.69, 9.17) is 10.9 Å². The van der Waals surface area contributed by atoms with Crippen LogP contribution in [0.5, 0.6) is 0 Å². The van der Waals surface area contributed by atoms with Gasteiger partial charge in [0.1, 0.15) is 5.84 Å². The number of hydrogen-bond donors (Lipinski definition) is 2. The Balaban J connectivity index is 1.96. The molecule has 0 atom stereocenters. The van der Waals surface area contributed by atoms with Gasteiger partial charge < -0.3 is 10.9 Å². The molecular formula is C14H22N4O. The molecule has 0 unspecified atom stereocenters. The van der Waals surface area contributed by atoms with Crippen LogP contribution in [0, 0.1) is 12.3 Å². The molecule has 0 aliphatic carbocycles. The summed E-state index contributed by atoms with van der Waals surface area (Å²) in [4.78, 5) is 6.81. The highest BCUT2D eigenvalue weighted by Crippen LogP contribution is 2.31. The molecule has 19 heavy (non-hydrogen) atoms. The van der Waals surface area contributed by atoms with Gasteiger partial charge in [-0.3, -0.25) is 9.88 Å². The molecular weight excluding hydrogens is 240 g/mol. The molecule has 0 spiro atoms. The minimum atomic E-state index is -0.176. The Morgan fingerprint density at radius 2 is 2.21 bits per heavy atom. The van der Waals surface area contributed by atoms with Crippen molar-refractivity contribution in [2.75, 3.05) is 13.1 Å². The minimum absolute atomic E-state index is 0.176. The number of likely N-dealkylation sites (tertiary alicyclic amines) is 1. The van der Waals surface area contributed by atoms with E-state index in [2.05, 4.69) is 35.0 Å². The Morgan fingerprint density at radius 3 is 2.79 bits per heavy atom. The average molecular weight is 262 g/mol. The van der Waals surface area contributed by atoms with E-state index < -0.39 is 0 Å². The molecule has 5 nitrogen and oxygen atoms in total. The molecule has 1 aromatic rings. The predicted molar refractivity (Wildman–Crippen MR) is 75.0 cm³/mol. The standard InChI is InChI=1S/C14H22N4O/c1-11-4-3-7-16-12(11)10-18-8-5-14(2,6-9-18)13(15)17-19/h3-4,7,19H,5-6,8-10H2,1-2H3,(H2,15,17). The Hall–Kier alpha value is -1.62. The maximum Gasteiger partial charge on any atom is 0.145 e. The van der Waals surface area contributed by atoms with Crippen LogP contribution in [-0.4, -0.2) is 34.0 Å². The zero-order valence-corrected chi connectivity index (χ0v) is 11.6. The first-order valence-electron chi connectivity index (χ1n) is 6.66. The Bertz CT molecular complexity index is 464. The fourth-order valence-electron chi connectivity index (χ4n) is 2.48. The third-order valence-electron chi connectivity index (χ3n) is 4.18. The first-order chi connectivity index (χ1) is 9.05. The molecule has 1 aliphatic heterocycles. The molecule has 2 heterocycles. The van der Waals surface area contributed by atoms with Crippen molar-refractivity contribution < 1.29 is 5.21 Å². The number of nitrogens with zero attached hydrogens (tertiary/aromatic N) is 3. The molecule has 1 aliphatic rings. The van der Waals surface area contributed by atoms with Crippen LogP contribution in [0.4, 0.5) is 0 Å². The molecule has 0 bridgehead atoms. The van der Waals surface area contributed by atoms with Crippen molar-refractivity contribution in [2.24, 2.45) is 16.3 Å². The molecule has 0 saturated carbocycles. The highest BCUT2D eigenvalue weighted by Gasteiger charge is 2.34. The Kier molecular flexibility index (Phi) is 4.04. The maximum absolute atomic E-state index is 8.83. The lowest BCUT2D eigenvalue weighted by atomic mass is 9.79. The number of hydrogen-bond acceptors (Lipinski definition) is 4. The van der Waals surface area contributed by atoms with Gasteiger partial charge in [0.25, 0.3) is 0 Å². The summed E-state index contributed by atoms with van der Waals surface area (Å²) in [5.74, 6) is 0.348. The lowest BCUT2D eigenvalue weighted by molar-refractivity contribution is 0.151. The molecule has 0 aromatic carbocycles. The topological polar surface area (TPSA) is 74.7 Å². The minimum Gasteiger partial charge on any atom is -0.409 e. The summed E-state index contributed by atoms with van der Waals surface area (Å²) in [6, 6.07) is 4.05. The van der Waals surface area contributed by atoms with Gasteiger partial charge in [0.05, 0.1) is 5.69 Å². The van der Waals surface area contributed by atoms with Gasteiger partial charge >= 0.3 is 0 Å². The van der Waals surface area contributed by atoms with Crippen LogP contribution in [-0.2, 0) is 6.54 Å². The molecule has 2 rings (SSSR count). The normalized spacial score (nSPS) is 20.4. The molecule has 1 aromatic heterocycles. The lowest BCUT2D eigenvalue weighted by Gasteiger charge is -2.38. The van der Waals surface area contributed by atoms with Gasteiger partial charge in [-0.25, -0.2) is 0 Å². The smallest absolute Gasteiger partial charge is 0.145 e. The number of oxime groups is 1.